The van der Waals surface area contributed by atoms with Gasteiger partial charge >= 0.3 is 0 Å². The number of rotatable bonds is 4. The molecule has 2 amide bonds. The molecule has 1 saturated heterocycles. The van der Waals surface area contributed by atoms with Crippen molar-refractivity contribution in [3.63, 3.8) is 0 Å². The minimum atomic E-state index is -0.191. The highest BCUT2D eigenvalue weighted by atomic mass is 16.2. The van der Waals surface area contributed by atoms with E-state index in [-0.39, 0.29) is 11.8 Å². The molecule has 2 aromatic carbocycles. The zero-order valence-electron chi connectivity index (χ0n) is 13.7. The van der Waals surface area contributed by atoms with Crippen LogP contribution in [0.25, 0.3) is 10.9 Å². The molecule has 0 atom stereocenters. The summed E-state index contributed by atoms with van der Waals surface area (Å²) in [6.45, 7) is 1.38. The number of para-hydroxylation sites is 1. The summed E-state index contributed by atoms with van der Waals surface area (Å²) in [6, 6.07) is 13.1. The number of hydrogen-bond acceptors (Lipinski definition) is 3. The standard InChI is InChI=1S/C19H18N4O2/c24-17-8-3-9-23(17)12-13-4-1-6-15(10-13)21-19(25)16-7-2-5-14-11-20-22-18(14)16/h1-2,4-7,10-11H,3,8-9,12H2,(H,20,22)(H,21,25). The van der Waals surface area contributed by atoms with Gasteiger partial charge in [-0.25, -0.2) is 0 Å². The second-order valence-corrected chi connectivity index (χ2v) is 6.21. The molecule has 0 radical (unpaired) electrons. The molecule has 1 fully saturated rings. The van der Waals surface area contributed by atoms with Crippen LogP contribution in [0.4, 0.5) is 5.69 Å². The Bertz CT molecular complexity index is 947. The number of carbonyl (C=O) groups excluding carboxylic acids is 2. The molecule has 6 heteroatoms. The fourth-order valence-corrected chi connectivity index (χ4v) is 3.20. The summed E-state index contributed by atoms with van der Waals surface area (Å²) in [5.41, 5.74) is 2.99. The molecular weight excluding hydrogens is 316 g/mol. The Hall–Kier alpha value is -3.15. The van der Waals surface area contributed by atoms with E-state index in [1.54, 1.807) is 12.3 Å². The van der Waals surface area contributed by atoms with Crippen LogP contribution in [0.2, 0.25) is 0 Å². The molecule has 2 N–H and O–H groups in total. The second-order valence-electron chi connectivity index (χ2n) is 6.21. The number of anilines is 1. The molecule has 0 aliphatic carbocycles. The Morgan fingerprint density at radius 3 is 2.96 bits per heavy atom. The summed E-state index contributed by atoms with van der Waals surface area (Å²) in [5, 5.41) is 10.7. The lowest BCUT2D eigenvalue weighted by Gasteiger charge is -2.16. The van der Waals surface area contributed by atoms with E-state index >= 15 is 0 Å². The first-order valence-electron chi connectivity index (χ1n) is 8.31. The zero-order chi connectivity index (χ0) is 17.2. The Morgan fingerprint density at radius 1 is 1.24 bits per heavy atom. The van der Waals surface area contributed by atoms with Crippen LogP contribution in [-0.4, -0.2) is 33.5 Å². The molecule has 3 aromatic rings. The number of hydrogen-bond donors (Lipinski definition) is 2. The van der Waals surface area contributed by atoms with Crippen LogP contribution >= 0.6 is 0 Å². The number of carbonyl (C=O) groups is 2. The molecule has 6 nitrogen and oxygen atoms in total. The Morgan fingerprint density at radius 2 is 2.12 bits per heavy atom. The van der Waals surface area contributed by atoms with Crippen LogP contribution in [0.1, 0.15) is 28.8 Å². The van der Waals surface area contributed by atoms with E-state index in [4.69, 9.17) is 0 Å². The third kappa shape index (κ3) is 3.10. The minimum Gasteiger partial charge on any atom is -0.338 e. The van der Waals surface area contributed by atoms with Gasteiger partial charge in [0.05, 0.1) is 17.3 Å². The first kappa shape index (κ1) is 15.4. The first-order valence-corrected chi connectivity index (χ1v) is 8.31. The van der Waals surface area contributed by atoms with E-state index in [1.165, 1.54) is 0 Å². The van der Waals surface area contributed by atoms with Gasteiger partial charge in [0.2, 0.25) is 5.91 Å². The van der Waals surface area contributed by atoms with E-state index in [0.717, 1.165) is 29.4 Å². The number of aromatic nitrogens is 2. The maximum absolute atomic E-state index is 12.6. The predicted octanol–water partition coefficient (Wildman–Crippen LogP) is 2.94. The molecule has 1 aromatic heterocycles. The van der Waals surface area contributed by atoms with Crippen molar-refractivity contribution in [1.29, 1.82) is 0 Å². The van der Waals surface area contributed by atoms with Crippen LogP contribution in [-0.2, 0) is 11.3 Å². The number of likely N-dealkylation sites (tertiary alicyclic amines) is 1. The average molecular weight is 334 g/mol. The Labute approximate surface area is 144 Å². The van der Waals surface area contributed by atoms with Gasteiger partial charge in [0.15, 0.2) is 0 Å². The van der Waals surface area contributed by atoms with Gasteiger partial charge < -0.3 is 10.2 Å². The van der Waals surface area contributed by atoms with E-state index in [9.17, 15) is 9.59 Å². The zero-order valence-corrected chi connectivity index (χ0v) is 13.7. The quantitative estimate of drug-likeness (QED) is 0.770. The van der Waals surface area contributed by atoms with E-state index in [2.05, 4.69) is 15.5 Å². The summed E-state index contributed by atoms with van der Waals surface area (Å²) < 4.78 is 0. The van der Waals surface area contributed by atoms with Gasteiger partial charge in [-0.2, -0.15) is 5.10 Å². The fourth-order valence-electron chi connectivity index (χ4n) is 3.20. The molecule has 2 heterocycles. The second kappa shape index (κ2) is 6.39. The average Bonchev–Trinajstić information content (AvgIpc) is 3.24. The summed E-state index contributed by atoms with van der Waals surface area (Å²) in [6.07, 6.45) is 3.24. The monoisotopic (exact) mass is 334 g/mol. The molecule has 126 valence electrons. The van der Waals surface area contributed by atoms with Gasteiger partial charge in [-0.3, -0.25) is 14.7 Å². The van der Waals surface area contributed by atoms with E-state index in [0.29, 0.717) is 24.2 Å². The largest absolute Gasteiger partial charge is 0.338 e. The van der Waals surface area contributed by atoms with Crippen LogP contribution in [0.5, 0.6) is 0 Å². The van der Waals surface area contributed by atoms with Crippen molar-refractivity contribution < 1.29 is 9.59 Å². The highest BCUT2D eigenvalue weighted by Crippen LogP contribution is 2.20. The topological polar surface area (TPSA) is 78.1 Å². The lowest BCUT2D eigenvalue weighted by atomic mass is 10.1. The third-order valence-corrected chi connectivity index (χ3v) is 4.45. The molecular formula is C19H18N4O2. The first-order chi connectivity index (χ1) is 12.2. The highest BCUT2D eigenvalue weighted by Gasteiger charge is 2.20. The van der Waals surface area contributed by atoms with Gasteiger partial charge in [0.1, 0.15) is 0 Å². The summed E-state index contributed by atoms with van der Waals surface area (Å²) in [5.74, 6) is 0.00427. The van der Waals surface area contributed by atoms with Crippen LogP contribution in [0.15, 0.2) is 48.7 Å². The predicted molar refractivity (Wildman–Crippen MR) is 95.1 cm³/mol. The fraction of sp³-hybridized carbons (Fsp3) is 0.211. The van der Waals surface area contributed by atoms with Crippen molar-refractivity contribution in [2.24, 2.45) is 0 Å². The molecule has 25 heavy (non-hydrogen) atoms. The number of fused-ring (bicyclic) bond motifs is 1. The maximum atomic E-state index is 12.6. The van der Waals surface area contributed by atoms with Crippen molar-refractivity contribution in [2.75, 3.05) is 11.9 Å². The van der Waals surface area contributed by atoms with Crippen molar-refractivity contribution in [3.8, 4) is 0 Å². The van der Waals surface area contributed by atoms with Gasteiger partial charge in [-0.15, -0.1) is 0 Å². The lowest BCUT2D eigenvalue weighted by molar-refractivity contribution is -0.128. The molecule has 0 saturated carbocycles. The number of amides is 2. The minimum absolute atomic E-state index is 0.191. The summed E-state index contributed by atoms with van der Waals surface area (Å²) in [7, 11) is 0. The molecule has 0 bridgehead atoms. The maximum Gasteiger partial charge on any atom is 0.257 e. The van der Waals surface area contributed by atoms with E-state index < -0.39 is 0 Å². The smallest absolute Gasteiger partial charge is 0.257 e. The number of H-pyrrole nitrogens is 1. The van der Waals surface area contributed by atoms with Crippen molar-refractivity contribution in [2.45, 2.75) is 19.4 Å². The van der Waals surface area contributed by atoms with E-state index in [1.807, 2.05) is 41.3 Å². The highest BCUT2D eigenvalue weighted by molar-refractivity contribution is 6.11. The number of aromatic amines is 1. The molecule has 0 spiro atoms. The third-order valence-electron chi connectivity index (χ3n) is 4.45. The number of nitrogens with one attached hydrogen (secondary N) is 2. The lowest BCUT2D eigenvalue weighted by Crippen LogP contribution is -2.23. The van der Waals surface area contributed by atoms with Crippen LogP contribution < -0.4 is 5.32 Å². The van der Waals surface area contributed by atoms with Gasteiger partial charge in [0, 0.05) is 30.6 Å². The van der Waals surface area contributed by atoms with Gasteiger partial charge in [0.25, 0.3) is 5.91 Å². The van der Waals surface area contributed by atoms with Crippen molar-refractivity contribution >= 4 is 28.4 Å². The number of benzene rings is 2. The van der Waals surface area contributed by atoms with Crippen molar-refractivity contribution in [3.05, 3.63) is 59.8 Å². The Balaban J connectivity index is 1.52. The number of nitrogens with zero attached hydrogens (tertiary/aromatic N) is 2. The SMILES string of the molecule is O=C(Nc1cccc(CN2CCCC2=O)c1)c1cccc2cn[nH]c12. The van der Waals surface area contributed by atoms with Gasteiger partial charge in [-0.05, 0) is 30.2 Å². The molecule has 0 unspecified atom stereocenters. The summed E-state index contributed by atoms with van der Waals surface area (Å²) >= 11 is 0. The molecule has 1 aliphatic rings. The van der Waals surface area contributed by atoms with Crippen molar-refractivity contribution in [1.82, 2.24) is 15.1 Å². The summed E-state index contributed by atoms with van der Waals surface area (Å²) in [4.78, 5) is 26.2. The molecule has 1 aliphatic heterocycles. The normalized spacial score (nSPS) is 14.2. The van der Waals surface area contributed by atoms with Crippen LogP contribution in [0.3, 0.4) is 0 Å². The van der Waals surface area contributed by atoms with Crippen LogP contribution in [0, 0.1) is 0 Å². The van der Waals surface area contributed by atoms with Gasteiger partial charge in [-0.1, -0.05) is 24.3 Å². The molecule has 4 rings (SSSR count). The Kier molecular flexibility index (Phi) is 3.93.